The fourth-order valence-corrected chi connectivity index (χ4v) is 2.93. The predicted octanol–water partition coefficient (Wildman–Crippen LogP) is 2.01. The lowest BCUT2D eigenvalue weighted by atomic mass is 10.2. The number of rotatable bonds is 5. The minimum absolute atomic E-state index is 0.224. The molecule has 0 bridgehead atoms. The Morgan fingerprint density at radius 3 is 2.90 bits per heavy atom. The SMILES string of the molecule is CNC(=O)c1sc(NCc2ncccc2C)c(OC)c1N. The van der Waals surface area contributed by atoms with E-state index in [1.165, 1.54) is 18.4 Å². The monoisotopic (exact) mass is 306 g/mol. The maximum absolute atomic E-state index is 11.8. The third kappa shape index (κ3) is 3.08. The Kier molecular flexibility index (Phi) is 4.64. The molecule has 6 nitrogen and oxygen atoms in total. The molecule has 0 unspecified atom stereocenters. The number of ether oxygens (including phenoxy) is 1. The van der Waals surface area contributed by atoms with Crippen LogP contribution in [0.5, 0.6) is 5.75 Å². The first-order valence-electron chi connectivity index (χ1n) is 6.41. The molecule has 0 spiro atoms. The summed E-state index contributed by atoms with van der Waals surface area (Å²) in [6.07, 6.45) is 1.75. The van der Waals surface area contributed by atoms with Crippen molar-refractivity contribution in [3.05, 3.63) is 34.5 Å². The fourth-order valence-electron chi connectivity index (χ4n) is 1.90. The van der Waals surface area contributed by atoms with Crippen molar-refractivity contribution in [3.63, 3.8) is 0 Å². The number of carbonyl (C=O) groups is 1. The van der Waals surface area contributed by atoms with Gasteiger partial charge in [0.25, 0.3) is 5.91 Å². The number of nitrogens with two attached hydrogens (primary N) is 1. The van der Waals surface area contributed by atoms with E-state index in [1.807, 2.05) is 19.1 Å². The summed E-state index contributed by atoms with van der Waals surface area (Å²) in [6, 6.07) is 3.90. The summed E-state index contributed by atoms with van der Waals surface area (Å²) in [5, 5.41) is 6.52. The lowest BCUT2D eigenvalue weighted by Gasteiger charge is -2.08. The summed E-state index contributed by atoms with van der Waals surface area (Å²) in [5.41, 5.74) is 8.34. The van der Waals surface area contributed by atoms with E-state index in [0.29, 0.717) is 22.9 Å². The second kappa shape index (κ2) is 6.45. The van der Waals surface area contributed by atoms with Crippen LogP contribution in [0.15, 0.2) is 18.3 Å². The van der Waals surface area contributed by atoms with Gasteiger partial charge in [-0.2, -0.15) is 0 Å². The molecule has 0 saturated carbocycles. The number of aromatic nitrogens is 1. The first kappa shape index (κ1) is 15.1. The van der Waals surface area contributed by atoms with E-state index < -0.39 is 0 Å². The van der Waals surface area contributed by atoms with Gasteiger partial charge in [-0.1, -0.05) is 6.07 Å². The Labute approximate surface area is 127 Å². The zero-order chi connectivity index (χ0) is 15.4. The van der Waals surface area contributed by atoms with Crippen LogP contribution in [0.3, 0.4) is 0 Å². The highest BCUT2D eigenvalue weighted by Crippen LogP contribution is 2.42. The Hall–Kier alpha value is -2.28. The summed E-state index contributed by atoms with van der Waals surface area (Å²) in [6.45, 7) is 2.54. The number of nitrogens with zero attached hydrogens (tertiary/aromatic N) is 1. The zero-order valence-electron chi connectivity index (χ0n) is 12.2. The number of nitrogen functional groups attached to an aromatic ring is 1. The van der Waals surface area contributed by atoms with Crippen LogP contribution in [0.2, 0.25) is 0 Å². The molecule has 0 aliphatic carbocycles. The number of amides is 1. The van der Waals surface area contributed by atoms with E-state index >= 15 is 0 Å². The Morgan fingerprint density at radius 2 is 2.29 bits per heavy atom. The van der Waals surface area contributed by atoms with Gasteiger partial charge in [0.2, 0.25) is 0 Å². The fraction of sp³-hybridized carbons (Fsp3) is 0.286. The highest BCUT2D eigenvalue weighted by molar-refractivity contribution is 7.19. The lowest BCUT2D eigenvalue weighted by Crippen LogP contribution is -2.17. The molecule has 1 amide bonds. The minimum atomic E-state index is -0.224. The van der Waals surface area contributed by atoms with Gasteiger partial charge in [-0.15, -0.1) is 11.3 Å². The first-order valence-corrected chi connectivity index (χ1v) is 7.22. The van der Waals surface area contributed by atoms with Gasteiger partial charge >= 0.3 is 0 Å². The van der Waals surface area contributed by atoms with Crippen molar-refractivity contribution < 1.29 is 9.53 Å². The van der Waals surface area contributed by atoms with E-state index in [4.69, 9.17) is 10.5 Å². The van der Waals surface area contributed by atoms with Crippen molar-refractivity contribution in [2.45, 2.75) is 13.5 Å². The number of pyridine rings is 1. The number of hydrogen-bond donors (Lipinski definition) is 3. The second-order valence-electron chi connectivity index (χ2n) is 4.41. The van der Waals surface area contributed by atoms with Gasteiger partial charge < -0.3 is 21.1 Å². The molecule has 2 aromatic heterocycles. The highest BCUT2D eigenvalue weighted by atomic mass is 32.1. The number of aryl methyl sites for hydroxylation is 1. The molecule has 21 heavy (non-hydrogen) atoms. The van der Waals surface area contributed by atoms with Gasteiger partial charge in [0, 0.05) is 13.2 Å². The summed E-state index contributed by atoms with van der Waals surface area (Å²) in [7, 11) is 3.10. The number of hydrogen-bond acceptors (Lipinski definition) is 6. The summed E-state index contributed by atoms with van der Waals surface area (Å²) in [4.78, 5) is 16.5. The molecule has 2 heterocycles. The van der Waals surface area contributed by atoms with E-state index in [9.17, 15) is 4.79 Å². The molecule has 112 valence electrons. The molecule has 2 aromatic rings. The van der Waals surface area contributed by atoms with Crippen LogP contribution < -0.4 is 21.1 Å². The lowest BCUT2D eigenvalue weighted by molar-refractivity contribution is 0.0967. The van der Waals surface area contributed by atoms with Crippen LogP contribution in [0.25, 0.3) is 0 Å². The van der Waals surface area contributed by atoms with Crippen molar-refractivity contribution in [1.82, 2.24) is 10.3 Å². The molecular weight excluding hydrogens is 288 g/mol. The van der Waals surface area contributed by atoms with Gasteiger partial charge in [0.05, 0.1) is 19.3 Å². The summed E-state index contributed by atoms with van der Waals surface area (Å²) >= 11 is 1.27. The second-order valence-corrected chi connectivity index (χ2v) is 5.43. The van der Waals surface area contributed by atoms with Crippen LogP contribution in [-0.2, 0) is 6.54 Å². The van der Waals surface area contributed by atoms with Crippen molar-refractivity contribution in [2.75, 3.05) is 25.2 Å². The van der Waals surface area contributed by atoms with Gasteiger partial charge in [0.1, 0.15) is 15.6 Å². The van der Waals surface area contributed by atoms with Crippen molar-refractivity contribution in [1.29, 1.82) is 0 Å². The molecule has 0 saturated heterocycles. The quantitative estimate of drug-likeness (QED) is 0.786. The number of carbonyl (C=O) groups excluding carboxylic acids is 1. The van der Waals surface area contributed by atoms with Crippen molar-refractivity contribution >= 4 is 27.9 Å². The topological polar surface area (TPSA) is 89.3 Å². The van der Waals surface area contributed by atoms with Gasteiger partial charge in [-0.25, -0.2) is 0 Å². The molecular formula is C14H18N4O2S. The van der Waals surface area contributed by atoms with Gasteiger partial charge in [-0.05, 0) is 18.6 Å². The van der Waals surface area contributed by atoms with Gasteiger partial charge in [0.15, 0.2) is 5.75 Å². The van der Waals surface area contributed by atoms with Gasteiger partial charge in [-0.3, -0.25) is 9.78 Å². The van der Waals surface area contributed by atoms with Crippen LogP contribution in [0.1, 0.15) is 20.9 Å². The molecule has 7 heteroatoms. The molecule has 2 rings (SSSR count). The molecule has 0 aliphatic rings. The summed E-state index contributed by atoms with van der Waals surface area (Å²) < 4.78 is 5.29. The third-order valence-electron chi connectivity index (χ3n) is 3.07. The average molecular weight is 306 g/mol. The average Bonchev–Trinajstić information content (AvgIpc) is 2.81. The van der Waals surface area contributed by atoms with E-state index in [1.54, 1.807) is 13.2 Å². The minimum Gasteiger partial charge on any atom is -0.492 e. The van der Waals surface area contributed by atoms with Crippen molar-refractivity contribution in [2.24, 2.45) is 0 Å². The third-order valence-corrected chi connectivity index (χ3v) is 4.21. The smallest absolute Gasteiger partial charge is 0.263 e. The van der Waals surface area contributed by atoms with Crippen molar-refractivity contribution in [3.8, 4) is 5.75 Å². The van der Waals surface area contributed by atoms with E-state index in [0.717, 1.165) is 16.3 Å². The first-order chi connectivity index (χ1) is 10.1. The molecule has 0 atom stereocenters. The zero-order valence-corrected chi connectivity index (χ0v) is 13.0. The maximum atomic E-state index is 11.8. The van der Waals surface area contributed by atoms with Crippen LogP contribution in [0, 0.1) is 6.92 Å². The number of anilines is 2. The number of nitrogens with one attached hydrogen (secondary N) is 2. The van der Waals surface area contributed by atoms with E-state index in [2.05, 4.69) is 15.6 Å². The molecule has 4 N–H and O–H groups in total. The predicted molar refractivity (Wildman–Crippen MR) is 85.0 cm³/mol. The largest absolute Gasteiger partial charge is 0.492 e. The van der Waals surface area contributed by atoms with E-state index in [-0.39, 0.29) is 5.91 Å². The molecule has 0 radical (unpaired) electrons. The van der Waals surface area contributed by atoms with Crippen LogP contribution in [0.4, 0.5) is 10.7 Å². The Balaban J connectivity index is 2.24. The maximum Gasteiger partial charge on any atom is 0.263 e. The standard InChI is InChI=1S/C14H18N4O2S/c1-8-5-4-6-17-9(8)7-18-14-11(20-3)10(15)12(21-14)13(19)16-2/h4-6,18H,7,15H2,1-3H3,(H,16,19). The normalized spacial score (nSPS) is 10.2. The molecule has 0 aliphatic heterocycles. The number of thiophene rings is 1. The summed E-state index contributed by atoms with van der Waals surface area (Å²) in [5.74, 6) is 0.269. The molecule has 0 aromatic carbocycles. The highest BCUT2D eigenvalue weighted by Gasteiger charge is 2.21. The number of methoxy groups -OCH3 is 1. The molecule has 0 fully saturated rings. The van der Waals surface area contributed by atoms with Crippen LogP contribution >= 0.6 is 11.3 Å². The van der Waals surface area contributed by atoms with Crippen LogP contribution in [-0.4, -0.2) is 25.0 Å². The Morgan fingerprint density at radius 1 is 1.52 bits per heavy atom. The Bertz CT molecular complexity index is 654.